The lowest BCUT2D eigenvalue weighted by molar-refractivity contribution is -0.143. The zero-order valence-corrected chi connectivity index (χ0v) is 26.6. The molecule has 0 saturated carbocycles. The van der Waals surface area contributed by atoms with Crippen molar-refractivity contribution in [2.24, 2.45) is 34.6 Å². The van der Waals surface area contributed by atoms with Gasteiger partial charge in [-0.3, -0.25) is 14.4 Å². The van der Waals surface area contributed by atoms with Crippen molar-refractivity contribution in [3.05, 3.63) is 23.8 Å². The quantitative estimate of drug-likeness (QED) is 0.126. The van der Waals surface area contributed by atoms with Crippen LogP contribution in [0, 0.1) is 29.6 Å². The summed E-state index contributed by atoms with van der Waals surface area (Å²) >= 11 is 0. The van der Waals surface area contributed by atoms with Gasteiger partial charge in [-0.25, -0.2) is 4.99 Å². The molecule has 1 rings (SSSR count). The van der Waals surface area contributed by atoms with E-state index in [9.17, 15) is 19.5 Å². The number of aliphatic imine (C=N–C) groups is 1. The number of hydrogen-bond donors (Lipinski definition) is 1. The summed E-state index contributed by atoms with van der Waals surface area (Å²) in [5.74, 6) is -2.07. The molecule has 0 aliphatic carbocycles. The lowest BCUT2D eigenvalue weighted by Crippen LogP contribution is -2.30. The third kappa shape index (κ3) is 12.7. The fraction of sp³-hybridized carbons (Fsp3) is 0.688. The summed E-state index contributed by atoms with van der Waals surface area (Å²) in [5.41, 5.74) is 0.458. The Morgan fingerprint density at radius 3 is 2.07 bits per heavy atom. The molecule has 1 amide bonds. The van der Waals surface area contributed by atoms with Gasteiger partial charge in [-0.15, -0.1) is 0 Å². The first kappa shape index (κ1) is 36.2. The Balaban J connectivity index is 3.37. The highest BCUT2D eigenvalue weighted by atomic mass is 16.5. The average molecular weight is 578 g/mol. The van der Waals surface area contributed by atoms with E-state index in [0.717, 1.165) is 0 Å². The van der Waals surface area contributed by atoms with Crippen molar-refractivity contribution in [3.63, 3.8) is 0 Å². The highest BCUT2D eigenvalue weighted by Gasteiger charge is 2.31. The van der Waals surface area contributed by atoms with Crippen LogP contribution in [0.1, 0.15) is 85.0 Å². The SMILES string of the molecule is COCCCOc1cc(C(=O)[C@@H](CC(=NC(=O)COC(C)(C)C)C(C)C[C@H](C(=O)O)C(C)C)C(C)C)ccc1OC. The zero-order chi connectivity index (χ0) is 31.3. The summed E-state index contributed by atoms with van der Waals surface area (Å²) in [4.78, 5) is 43.1. The van der Waals surface area contributed by atoms with E-state index in [2.05, 4.69) is 4.99 Å². The molecule has 1 N–H and O–H groups in total. The second kappa shape index (κ2) is 17.2. The molecule has 0 radical (unpaired) electrons. The fourth-order valence-electron chi connectivity index (χ4n) is 4.40. The molecule has 1 aromatic carbocycles. The third-order valence-electron chi connectivity index (χ3n) is 6.96. The summed E-state index contributed by atoms with van der Waals surface area (Å²) in [5, 5.41) is 9.79. The summed E-state index contributed by atoms with van der Waals surface area (Å²) < 4.78 is 22.0. The van der Waals surface area contributed by atoms with Gasteiger partial charge in [0.15, 0.2) is 17.3 Å². The normalized spacial score (nSPS) is 14.6. The molecule has 0 saturated heterocycles. The molecule has 1 aromatic rings. The third-order valence-corrected chi connectivity index (χ3v) is 6.96. The predicted octanol–water partition coefficient (Wildman–Crippen LogP) is 6.12. The van der Waals surface area contributed by atoms with Gasteiger partial charge in [0.25, 0.3) is 5.91 Å². The number of aliphatic carboxylic acids is 1. The van der Waals surface area contributed by atoms with Crippen LogP contribution in [0.5, 0.6) is 11.5 Å². The van der Waals surface area contributed by atoms with E-state index < -0.39 is 29.3 Å². The Bertz CT molecular complexity index is 1030. The van der Waals surface area contributed by atoms with Crippen molar-refractivity contribution in [2.75, 3.05) is 34.0 Å². The number of Topliss-reactive ketones (excluding diaryl/α,β-unsaturated/α-hetero) is 1. The van der Waals surface area contributed by atoms with Crippen LogP contribution >= 0.6 is 0 Å². The number of hydrogen-bond acceptors (Lipinski definition) is 7. The molecule has 41 heavy (non-hydrogen) atoms. The van der Waals surface area contributed by atoms with Gasteiger partial charge < -0.3 is 24.1 Å². The molecular formula is C32H51NO8. The summed E-state index contributed by atoms with van der Waals surface area (Å²) in [6.07, 6.45) is 1.21. The minimum atomic E-state index is -0.888. The number of carboxylic acid groups (broad SMARTS) is 1. The number of amides is 1. The van der Waals surface area contributed by atoms with Gasteiger partial charge in [-0.1, -0.05) is 34.6 Å². The maximum atomic E-state index is 13.9. The van der Waals surface area contributed by atoms with Gasteiger partial charge in [-0.05, 0) is 69.6 Å². The highest BCUT2D eigenvalue weighted by Crippen LogP contribution is 2.32. The van der Waals surface area contributed by atoms with E-state index >= 15 is 0 Å². The summed E-state index contributed by atoms with van der Waals surface area (Å²) in [7, 11) is 3.17. The molecule has 0 aliphatic rings. The fourth-order valence-corrected chi connectivity index (χ4v) is 4.40. The van der Waals surface area contributed by atoms with Crippen LogP contribution < -0.4 is 9.47 Å². The van der Waals surface area contributed by atoms with E-state index in [-0.39, 0.29) is 36.6 Å². The molecule has 0 fully saturated rings. The van der Waals surface area contributed by atoms with Gasteiger partial charge in [0.2, 0.25) is 0 Å². The van der Waals surface area contributed by atoms with E-state index in [1.807, 2.05) is 55.4 Å². The lowest BCUT2D eigenvalue weighted by atomic mass is 9.78. The van der Waals surface area contributed by atoms with Gasteiger partial charge in [0.05, 0.1) is 25.2 Å². The second-order valence-electron chi connectivity index (χ2n) is 12.2. The first-order chi connectivity index (χ1) is 19.1. The highest BCUT2D eigenvalue weighted by molar-refractivity contribution is 6.04. The van der Waals surface area contributed by atoms with Crippen molar-refractivity contribution in [2.45, 2.75) is 80.3 Å². The molecule has 232 valence electrons. The number of carboxylic acids is 1. The van der Waals surface area contributed by atoms with Crippen LogP contribution in [0.15, 0.2) is 23.2 Å². The molecule has 0 heterocycles. The molecular weight excluding hydrogens is 526 g/mol. The van der Waals surface area contributed by atoms with Crippen molar-refractivity contribution in [1.82, 2.24) is 0 Å². The van der Waals surface area contributed by atoms with Crippen molar-refractivity contribution < 1.29 is 38.4 Å². The number of benzene rings is 1. The van der Waals surface area contributed by atoms with Gasteiger partial charge in [0, 0.05) is 37.3 Å². The molecule has 0 aromatic heterocycles. The Morgan fingerprint density at radius 1 is 0.927 bits per heavy atom. The number of nitrogens with zero attached hydrogens (tertiary/aromatic N) is 1. The molecule has 9 heteroatoms. The van der Waals surface area contributed by atoms with Gasteiger partial charge in [0.1, 0.15) is 6.61 Å². The van der Waals surface area contributed by atoms with Crippen LogP contribution in [-0.4, -0.2) is 68.1 Å². The Hall–Kier alpha value is -2.78. The minimum Gasteiger partial charge on any atom is -0.493 e. The summed E-state index contributed by atoms with van der Waals surface area (Å²) in [6, 6.07) is 5.10. The molecule has 0 bridgehead atoms. The van der Waals surface area contributed by atoms with Crippen molar-refractivity contribution >= 4 is 23.4 Å². The molecule has 0 spiro atoms. The van der Waals surface area contributed by atoms with Crippen LogP contribution in [0.2, 0.25) is 0 Å². The smallest absolute Gasteiger partial charge is 0.306 e. The average Bonchev–Trinajstić information content (AvgIpc) is 2.89. The predicted molar refractivity (Wildman–Crippen MR) is 160 cm³/mol. The molecule has 0 aliphatic heterocycles. The summed E-state index contributed by atoms with van der Waals surface area (Å²) in [6.45, 7) is 15.8. The molecule has 1 unspecified atom stereocenters. The minimum absolute atomic E-state index is 0.0747. The first-order valence-electron chi connectivity index (χ1n) is 14.4. The first-order valence-corrected chi connectivity index (χ1v) is 14.4. The number of carbonyl (C=O) groups is 3. The molecule has 3 atom stereocenters. The number of methoxy groups -OCH3 is 2. The maximum Gasteiger partial charge on any atom is 0.306 e. The van der Waals surface area contributed by atoms with E-state index in [0.29, 0.717) is 48.8 Å². The van der Waals surface area contributed by atoms with E-state index in [1.54, 1.807) is 32.4 Å². The Morgan fingerprint density at radius 2 is 1.56 bits per heavy atom. The maximum absolute atomic E-state index is 13.9. The monoisotopic (exact) mass is 577 g/mol. The lowest BCUT2D eigenvalue weighted by Gasteiger charge is -2.26. The Kier molecular flexibility index (Phi) is 15.2. The molecule has 9 nitrogen and oxygen atoms in total. The van der Waals surface area contributed by atoms with Crippen LogP contribution in [0.3, 0.4) is 0 Å². The van der Waals surface area contributed by atoms with Crippen LogP contribution in [0.4, 0.5) is 0 Å². The largest absolute Gasteiger partial charge is 0.493 e. The number of ketones is 1. The topological polar surface area (TPSA) is 121 Å². The van der Waals surface area contributed by atoms with E-state index in [1.165, 1.54) is 0 Å². The van der Waals surface area contributed by atoms with Crippen LogP contribution in [0.25, 0.3) is 0 Å². The van der Waals surface area contributed by atoms with Crippen molar-refractivity contribution in [3.8, 4) is 11.5 Å². The van der Waals surface area contributed by atoms with Crippen LogP contribution in [-0.2, 0) is 19.1 Å². The number of carbonyl (C=O) groups excluding carboxylic acids is 2. The van der Waals surface area contributed by atoms with Crippen molar-refractivity contribution in [1.29, 1.82) is 0 Å². The zero-order valence-electron chi connectivity index (χ0n) is 26.6. The van der Waals surface area contributed by atoms with E-state index in [4.69, 9.17) is 18.9 Å². The van der Waals surface area contributed by atoms with Gasteiger partial charge in [-0.2, -0.15) is 0 Å². The Labute approximate surface area is 246 Å². The number of rotatable bonds is 18. The standard InChI is InChI=1S/C32H51NO8/c1-20(2)24(30(35)23-12-13-27(39-10)28(17-23)40-15-11-14-38-9)18-26(33-29(34)19-41-32(6,7)8)22(5)16-25(21(3)4)31(36)37/h12-13,17,20-22,24-25H,11,14-16,18-19H2,1-10H3,(H,36,37)/t22?,24-,25-/m0/s1. The number of ether oxygens (including phenoxy) is 4. The van der Waals surface area contributed by atoms with Gasteiger partial charge >= 0.3 is 5.97 Å². The second-order valence-corrected chi connectivity index (χ2v) is 12.2.